The second-order valence-corrected chi connectivity index (χ2v) is 5.84. The molecule has 2 nitrogen and oxygen atoms in total. The lowest BCUT2D eigenvalue weighted by molar-refractivity contribution is -0.137. The van der Waals surface area contributed by atoms with Crippen LogP contribution in [0, 0.1) is 5.92 Å². The van der Waals surface area contributed by atoms with Gasteiger partial charge in [-0.3, -0.25) is 0 Å². The first-order valence-electron chi connectivity index (χ1n) is 8.58. The molecule has 0 saturated heterocycles. The Morgan fingerprint density at radius 1 is 1.20 bits per heavy atom. The molecule has 0 bridgehead atoms. The van der Waals surface area contributed by atoms with E-state index in [1.54, 1.807) is 19.4 Å². The minimum atomic E-state index is -4.32. The lowest BCUT2D eigenvalue weighted by atomic mass is 10.1. The Morgan fingerprint density at radius 3 is 2.48 bits per heavy atom. The van der Waals surface area contributed by atoms with Crippen molar-refractivity contribution in [3.05, 3.63) is 54.3 Å². The van der Waals surface area contributed by atoms with E-state index in [0.29, 0.717) is 12.5 Å². The molecule has 5 heteroatoms. The number of hydrogen-bond donors (Lipinski definition) is 0. The van der Waals surface area contributed by atoms with Gasteiger partial charge in [0, 0.05) is 0 Å². The fraction of sp³-hybridized carbons (Fsp3) is 0.500. The Balaban J connectivity index is 0.000000550. The van der Waals surface area contributed by atoms with Gasteiger partial charge in [-0.15, -0.1) is 0 Å². The number of alkyl halides is 3. The normalized spacial score (nSPS) is 15.4. The van der Waals surface area contributed by atoms with E-state index in [2.05, 4.69) is 16.9 Å². The Labute approximate surface area is 148 Å². The van der Waals surface area contributed by atoms with Gasteiger partial charge in [-0.05, 0) is 50.3 Å². The van der Waals surface area contributed by atoms with E-state index in [9.17, 15) is 13.2 Å². The monoisotopic (exact) mass is 356 g/mol. The van der Waals surface area contributed by atoms with Crippen LogP contribution in [0.4, 0.5) is 13.2 Å². The molecule has 1 aromatic carbocycles. The van der Waals surface area contributed by atoms with Gasteiger partial charge in [-0.2, -0.15) is 13.2 Å². The third-order valence-electron chi connectivity index (χ3n) is 3.79. The van der Waals surface area contributed by atoms with Crippen molar-refractivity contribution in [2.24, 2.45) is 5.92 Å². The first kappa shape index (κ1) is 21.1. The molecule has 0 N–H and O–H groups in total. The van der Waals surface area contributed by atoms with Gasteiger partial charge < -0.3 is 9.47 Å². The SMILES string of the molecule is C/C=C/OC.FC(F)(F)c1cccc(OCC/C=C/C2CCCC2)c1. The average Bonchev–Trinajstić information content (AvgIpc) is 3.09. The molecule has 0 spiro atoms. The van der Waals surface area contributed by atoms with Crippen LogP contribution < -0.4 is 4.74 Å². The predicted molar refractivity (Wildman–Crippen MR) is 94.5 cm³/mol. The second kappa shape index (κ2) is 11.6. The first-order chi connectivity index (χ1) is 12.0. The molecule has 1 aliphatic rings. The van der Waals surface area contributed by atoms with Crippen molar-refractivity contribution in [1.82, 2.24) is 0 Å². The highest BCUT2D eigenvalue weighted by atomic mass is 19.4. The van der Waals surface area contributed by atoms with Crippen molar-refractivity contribution >= 4 is 0 Å². The summed E-state index contributed by atoms with van der Waals surface area (Å²) in [5, 5.41) is 0. The standard InChI is InChI=1S/C16H19F3O.C4H8O/c17-16(18,19)14-9-5-10-15(12-14)20-11-4-3-8-13-6-1-2-7-13;1-3-4-5-2/h3,5,8-10,12-13H,1-2,4,6-7,11H2;3-4H,1-2H3/b8-3+;4-3+. The van der Waals surface area contributed by atoms with Gasteiger partial charge in [0.2, 0.25) is 0 Å². The zero-order valence-electron chi connectivity index (χ0n) is 14.9. The first-order valence-corrected chi connectivity index (χ1v) is 8.58. The molecule has 1 fully saturated rings. The zero-order valence-corrected chi connectivity index (χ0v) is 14.9. The number of methoxy groups -OCH3 is 1. The maximum atomic E-state index is 12.5. The topological polar surface area (TPSA) is 18.5 Å². The number of benzene rings is 1. The lowest BCUT2D eigenvalue weighted by Crippen LogP contribution is -2.05. The van der Waals surface area contributed by atoms with E-state index in [1.165, 1.54) is 31.7 Å². The van der Waals surface area contributed by atoms with E-state index in [4.69, 9.17) is 4.74 Å². The minimum Gasteiger partial charge on any atom is -0.505 e. The maximum absolute atomic E-state index is 12.5. The molecule has 0 unspecified atom stereocenters. The molecule has 1 aromatic rings. The summed E-state index contributed by atoms with van der Waals surface area (Å²) >= 11 is 0. The van der Waals surface area contributed by atoms with E-state index in [-0.39, 0.29) is 5.75 Å². The molecule has 1 saturated carbocycles. The number of hydrogen-bond acceptors (Lipinski definition) is 2. The highest BCUT2D eigenvalue weighted by Crippen LogP contribution is 2.31. The molecular weight excluding hydrogens is 329 g/mol. The molecule has 2 rings (SSSR count). The summed E-state index contributed by atoms with van der Waals surface area (Å²) in [7, 11) is 1.62. The van der Waals surface area contributed by atoms with Crippen molar-refractivity contribution in [2.45, 2.75) is 45.2 Å². The van der Waals surface area contributed by atoms with Gasteiger partial charge in [-0.25, -0.2) is 0 Å². The molecule has 25 heavy (non-hydrogen) atoms. The number of allylic oxidation sites excluding steroid dienone is 2. The smallest absolute Gasteiger partial charge is 0.416 e. The van der Waals surface area contributed by atoms with Crippen LogP contribution in [0.2, 0.25) is 0 Å². The van der Waals surface area contributed by atoms with Gasteiger partial charge in [0.15, 0.2) is 0 Å². The quantitative estimate of drug-likeness (QED) is 0.334. The van der Waals surface area contributed by atoms with Gasteiger partial charge in [0.1, 0.15) is 5.75 Å². The molecule has 0 amide bonds. The van der Waals surface area contributed by atoms with E-state index in [0.717, 1.165) is 18.6 Å². The highest BCUT2D eigenvalue weighted by molar-refractivity contribution is 5.30. The van der Waals surface area contributed by atoms with Crippen LogP contribution in [0.1, 0.15) is 44.6 Å². The van der Waals surface area contributed by atoms with Gasteiger partial charge in [0.25, 0.3) is 0 Å². The van der Waals surface area contributed by atoms with Crippen molar-refractivity contribution in [1.29, 1.82) is 0 Å². The summed E-state index contributed by atoms with van der Waals surface area (Å²) < 4.78 is 47.4. The molecule has 140 valence electrons. The summed E-state index contributed by atoms with van der Waals surface area (Å²) in [6.45, 7) is 2.31. The lowest BCUT2D eigenvalue weighted by Gasteiger charge is -2.09. The van der Waals surface area contributed by atoms with Gasteiger partial charge in [-0.1, -0.05) is 37.1 Å². The Morgan fingerprint density at radius 2 is 1.92 bits per heavy atom. The maximum Gasteiger partial charge on any atom is 0.416 e. The summed E-state index contributed by atoms with van der Waals surface area (Å²) in [5.74, 6) is 0.956. The van der Waals surface area contributed by atoms with E-state index >= 15 is 0 Å². The number of rotatable bonds is 6. The van der Waals surface area contributed by atoms with Crippen molar-refractivity contribution in [2.75, 3.05) is 13.7 Å². The highest BCUT2D eigenvalue weighted by Gasteiger charge is 2.30. The molecule has 0 aliphatic heterocycles. The Bertz CT molecular complexity index is 530. The summed E-state index contributed by atoms with van der Waals surface area (Å²) in [6.07, 6.45) is 9.27. The van der Waals surface area contributed by atoms with E-state index < -0.39 is 11.7 Å². The fourth-order valence-corrected chi connectivity index (χ4v) is 2.58. The molecule has 0 aromatic heterocycles. The van der Waals surface area contributed by atoms with Crippen LogP contribution >= 0.6 is 0 Å². The van der Waals surface area contributed by atoms with Crippen LogP contribution in [-0.4, -0.2) is 13.7 Å². The van der Waals surface area contributed by atoms with Crippen molar-refractivity contribution in [3.8, 4) is 5.75 Å². The van der Waals surface area contributed by atoms with Crippen molar-refractivity contribution < 1.29 is 22.6 Å². The third kappa shape index (κ3) is 9.22. The van der Waals surface area contributed by atoms with E-state index in [1.807, 2.05) is 13.0 Å². The van der Waals surface area contributed by atoms with Gasteiger partial charge >= 0.3 is 6.18 Å². The number of halogens is 3. The Hall–Kier alpha value is -1.91. The molecule has 0 radical (unpaired) electrons. The van der Waals surface area contributed by atoms with Crippen LogP contribution in [-0.2, 0) is 10.9 Å². The largest absolute Gasteiger partial charge is 0.505 e. The minimum absolute atomic E-state index is 0.272. The number of ether oxygens (including phenoxy) is 2. The molecular formula is C20H27F3O2. The second-order valence-electron chi connectivity index (χ2n) is 5.84. The molecule has 0 atom stereocenters. The summed E-state index contributed by atoms with van der Waals surface area (Å²) in [5.41, 5.74) is -0.670. The van der Waals surface area contributed by atoms with Crippen LogP contribution in [0.15, 0.2) is 48.8 Å². The fourth-order valence-electron chi connectivity index (χ4n) is 2.58. The zero-order chi connectivity index (χ0) is 18.5. The average molecular weight is 356 g/mol. The molecule has 0 heterocycles. The Kier molecular flexibility index (Phi) is 9.81. The summed E-state index contributed by atoms with van der Waals surface area (Å²) in [4.78, 5) is 0. The van der Waals surface area contributed by atoms with Crippen LogP contribution in [0.3, 0.4) is 0 Å². The third-order valence-corrected chi connectivity index (χ3v) is 3.79. The summed E-state index contributed by atoms with van der Waals surface area (Å²) in [6, 6.07) is 5.01. The predicted octanol–water partition coefficient (Wildman–Crippen LogP) is 6.39. The molecule has 1 aliphatic carbocycles. The van der Waals surface area contributed by atoms with Crippen LogP contribution in [0.5, 0.6) is 5.75 Å². The van der Waals surface area contributed by atoms with Crippen LogP contribution in [0.25, 0.3) is 0 Å². The van der Waals surface area contributed by atoms with Crippen molar-refractivity contribution in [3.63, 3.8) is 0 Å². The van der Waals surface area contributed by atoms with Gasteiger partial charge in [0.05, 0.1) is 25.5 Å².